The Balaban J connectivity index is 1.73. The van der Waals surface area contributed by atoms with Gasteiger partial charge < -0.3 is 9.47 Å². The number of benzene rings is 2. The zero-order valence-electron chi connectivity index (χ0n) is 12.5. The minimum Gasteiger partial charge on any atom is -0.454 e. The van der Waals surface area contributed by atoms with Gasteiger partial charge in [0.25, 0.3) is 15.9 Å². The third-order valence-corrected chi connectivity index (χ3v) is 4.77. The fourth-order valence-electron chi connectivity index (χ4n) is 2.19. The number of rotatable bonds is 4. The standard InChI is InChI=1S/C15H13FN2O5S/c1-9-6-11(16)3-5-14(9)24(20,21)18-17-15(19)10-2-4-12-13(7-10)23-8-22-12/h2-7,18H,8H2,1H3,(H,17,19). The van der Waals surface area contributed by atoms with Gasteiger partial charge >= 0.3 is 0 Å². The molecule has 0 saturated heterocycles. The van der Waals surface area contributed by atoms with Crippen LogP contribution in [0.2, 0.25) is 0 Å². The van der Waals surface area contributed by atoms with Gasteiger partial charge in [-0.05, 0) is 48.9 Å². The summed E-state index contributed by atoms with van der Waals surface area (Å²) in [7, 11) is -4.03. The van der Waals surface area contributed by atoms with Crippen molar-refractivity contribution < 1.29 is 27.1 Å². The second-order valence-electron chi connectivity index (χ2n) is 5.04. The van der Waals surface area contributed by atoms with Crippen LogP contribution >= 0.6 is 0 Å². The number of hydrogen-bond donors (Lipinski definition) is 2. The molecule has 0 saturated carbocycles. The van der Waals surface area contributed by atoms with Crippen LogP contribution in [-0.4, -0.2) is 21.1 Å². The van der Waals surface area contributed by atoms with Crippen LogP contribution in [0, 0.1) is 12.7 Å². The fourth-order valence-corrected chi connectivity index (χ4v) is 3.26. The smallest absolute Gasteiger partial charge is 0.266 e. The predicted molar refractivity (Wildman–Crippen MR) is 81.5 cm³/mol. The number of carbonyl (C=O) groups is 1. The van der Waals surface area contributed by atoms with E-state index in [9.17, 15) is 17.6 Å². The highest BCUT2D eigenvalue weighted by Crippen LogP contribution is 2.32. The predicted octanol–water partition coefficient (Wildman–Crippen LogP) is 1.49. The number of ether oxygens (including phenoxy) is 2. The molecule has 0 aliphatic carbocycles. The van der Waals surface area contributed by atoms with Gasteiger partial charge in [-0.15, -0.1) is 4.83 Å². The molecule has 1 heterocycles. The van der Waals surface area contributed by atoms with Crippen molar-refractivity contribution in [3.05, 3.63) is 53.3 Å². The van der Waals surface area contributed by atoms with Crippen LogP contribution in [0.3, 0.4) is 0 Å². The van der Waals surface area contributed by atoms with Gasteiger partial charge in [-0.3, -0.25) is 10.2 Å². The largest absolute Gasteiger partial charge is 0.454 e. The van der Waals surface area contributed by atoms with Crippen LogP contribution in [0.1, 0.15) is 15.9 Å². The summed E-state index contributed by atoms with van der Waals surface area (Å²) < 4.78 is 47.7. The number of nitrogens with one attached hydrogen (secondary N) is 2. The lowest BCUT2D eigenvalue weighted by Crippen LogP contribution is -2.41. The van der Waals surface area contributed by atoms with Crippen LogP contribution in [-0.2, 0) is 10.0 Å². The first-order valence-electron chi connectivity index (χ1n) is 6.85. The lowest BCUT2D eigenvalue weighted by atomic mass is 10.2. The van der Waals surface area contributed by atoms with Gasteiger partial charge in [0.1, 0.15) is 5.82 Å². The SMILES string of the molecule is Cc1cc(F)ccc1S(=O)(=O)NNC(=O)c1ccc2c(c1)OCO2. The van der Waals surface area contributed by atoms with Crippen molar-refractivity contribution in [1.82, 2.24) is 10.3 Å². The Morgan fingerprint density at radius 2 is 1.88 bits per heavy atom. The van der Waals surface area contributed by atoms with E-state index in [0.29, 0.717) is 11.5 Å². The maximum atomic E-state index is 13.1. The first-order chi connectivity index (χ1) is 11.4. The molecule has 0 spiro atoms. The molecule has 2 N–H and O–H groups in total. The highest BCUT2D eigenvalue weighted by molar-refractivity contribution is 7.89. The number of carbonyl (C=O) groups excluding carboxylic acids is 1. The number of hydrogen-bond acceptors (Lipinski definition) is 5. The fraction of sp³-hybridized carbons (Fsp3) is 0.133. The Morgan fingerprint density at radius 3 is 2.62 bits per heavy atom. The van der Waals surface area contributed by atoms with Crippen molar-refractivity contribution in [2.75, 3.05) is 6.79 Å². The molecule has 9 heteroatoms. The van der Waals surface area contributed by atoms with E-state index in [2.05, 4.69) is 5.43 Å². The van der Waals surface area contributed by atoms with Crippen LogP contribution in [0.15, 0.2) is 41.3 Å². The van der Waals surface area contributed by atoms with Crippen molar-refractivity contribution in [1.29, 1.82) is 0 Å². The molecule has 0 atom stereocenters. The molecule has 0 bridgehead atoms. The minimum atomic E-state index is -4.03. The van der Waals surface area contributed by atoms with E-state index in [1.165, 1.54) is 19.1 Å². The zero-order chi connectivity index (χ0) is 17.3. The summed E-state index contributed by atoms with van der Waals surface area (Å²) in [5.41, 5.74) is 2.52. The second kappa shape index (κ2) is 6.10. The summed E-state index contributed by atoms with van der Waals surface area (Å²) in [6.07, 6.45) is 0. The lowest BCUT2D eigenvalue weighted by Gasteiger charge is -2.10. The van der Waals surface area contributed by atoms with Gasteiger partial charge in [0.15, 0.2) is 11.5 Å². The first kappa shape index (κ1) is 16.2. The lowest BCUT2D eigenvalue weighted by molar-refractivity contribution is 0.0944. The third-order valence-electron chi connectivity index (χ3n) is 3.36. The van der Waals surface area contributed by atoms with E-state index in [-0.39, 0.29) is 22.8 Å². The Labute approximate surface area is 137 Å². The molecule has 1 aliphatic rings. The Hall–Kier alpha value is -2.65. The molecule has 0 radical (unpaired) electrons. The van der Waals surface area contributed by atoms with Gasteiger partial charge in [0.05, 0.1) is 4.90 Å². The maximum Gasteiger partial charge on any atom is 0.266 e. The Bertz CT molecular complexity index is 914. The van der Waals surface area contributed by atoms with E-state index in [0.717, 1.165) is 18.2 Å². The van der Waals surface area contributed by atoms with E-state index in [4.69, 9.17) is 9.47 Å². The molecule has 0 unspecified atom stereocenters. The van der Waals surface area contributed by atoms with Gasteiger partial charge in [0.2, 0.25) is 6.79 Å². The molecule has 2 aromatic carbocycles. The molecule has 0 fully saturated rings. The summed E-state index contributed by atoms with van der Waals surface area (Å²) in [6, 6.07) is 7.71. The molecular formula is C15H13FN2O5S. The summed E-state index contributed by atoms with van der Waals surface area (Å²) in [5.74, 6) is -0.304. The number of halogens is 1. The Morgan fingerprint density at radius 1 is 1.12 bits per heavy atom. The topological polar surface area (TPSA) is 93.7 Å². The van der Waals surface area contributed by atoms with Crippen molar-refractivity contribution in [3.63, 3.8) is 0 Å². The Kier molecular flexibility index (Phi) is 4.12. The molecule has 0 aromatic heterocycles. The summed E-state index contributed by atoms with van der Waals surface area (Å²) >= 11 is 0. The van der Waals surface area contributed by atoms with Crippen LogP contribution in [0.5, 0.6) is 11.5 Å². The van der Waals surface area contributed by atoms with Crippen molar-refractivity contribution in [3.8, 4) is 11.5 Å². The van der Waals surface area contributed by atoms with Gasteiger partial charge in [-0.25, -0.2) is 12.8 Å². The van der Waals surface area contributed by atoms with E-state index in [1.54, 1.807) is 6.07 Å². The number of fused-ring (bicyclic) bond motifs is 1. The van der Waals surface area contributed by atoms with E-state index >= 15 is 0 Å². The van der Waals surface area contributed by atoms with Crippen LogP contribution in [0.4, 0.5) is 4.39 Å². The highest BCUT2D eigenvalue weighted by atomic mass is 32.2. The molecular weight excluding hydrogens is 339 g/mol. The molecule has 126 valence electrons. The average molecular weight is 352 g/mol. The van der Waals surface area contributed by atoms with E-state index in [1.807, 2.05) is 4.83 Å². The van der Waals surface area contributed by atoms with Crippen molar-refractivity contribution in [2.45, 2.75) is 11.8 Å². The number of aryl methyl sites for hydroxylation is 1. The van der Waals surface area contributed by atoms with Crippen molar-refractivity contribution >= 4 is 15.9 Å². The molecule has 1 aliphatic heterocycles. The normalized spacial score (nSPS) is 12.9. The second-order valence-corrected chi connectivity index (χ2v) is 6.69. The zero-order valence-corrected chi connectivity index (χ0v) is 13.3. The molecule has 7 nitrogen and oxygen atoms in total. The molecule has 3 rings (SSSR count). The number of amides is 1. The van der Waals surface area contributed by atoms with Gasteiger partial charge in [0, 0.05) is 5.56 Å². The van der Waals surface area contributed by atoms with Crippen molar-refractivity contribution in [2.24, 2.45) is 0 Å². The van der Waals surface area contributed by atoms with Gasteiger partial charge in [-0.2, -0.15) is 0 Å². The summed E-state index contributed by atoms with van der Waals surface area (Å²) in [4.78, 5) is 13.9. The first-order valence-corrected chi connectivity index (χ1v) is 8.33. The highest BCUT2D eigenvalue weighted by Gasteiger charge is 2.20. The van der Waals surface area contributed by atoms with Crippen LogP contribution in [0.25, 0.3) is 0 Å². The molecule has 2 aromatic rings. The summed E-state index contributed by atoms with van der Waals surface area (Å²) in [6.45, 7) is 1.52. The maximum absolute atomic E-state index is 13.1. The third kappa shape index (κ3) is 3.17. The number of hydrazine groups is 1. The average Bonchev–Trinajstić information content (AvgIpc) is 2.99. The van der Waals surface area contributed by atoms with Crippen LogP contribution < -0.4 is 19.7 Å². The molecule has 24 heavy (non-hydrogen) atoms. The van der Waals surface area contributed by atoms with E-state index < -0.39 is 21.7 Å². The molecule has 1 amide bonds. The monoisotopic (exact) mass is 352 g/mol. The minimum absolute atomic E-state index is 0.0663. The summed E-state index contributed by atoms with van der Waals surface area (Å²) in [5, 5.41) is 0. The quantitative estimate of drug-likeness (QED) is 0.813. The number of sulfonamides is 1. The van der Waals surface area contributed by atoms with Gasteiger partial charge in [-0.1, -0.05) is 0 Å².